The predicted molar refractivity (Wildman–Crippen MR) is 106 cm³/mol. The van der Waals surface area contributed by atoms with Crippen molar-refractivity contribution in [3.05, 3.63) is 48.5 Å². The third-order valence-corrected chi connectivity index (χ3v) is 5.76. The van der Waals surface area contributed by atoms with Crippen molar-refractivity contribution < 1.29 is 22.7 Å². The van der Waals surface area contributed by atoms with Gasteiger partial charge in [0.25, 0.3) is 5.91 Å². The van der Waals surface area contributed by atoms with E-state index in [1.54, 1.807) is 0 Å². The molecule has 0 aliphatic rings. The molecule has 0 aliphatic carbocycles. The van der Waals surface area contributed by atoms with E-state index in [1.165, 1.54) is 43.1 Å². The number of amides is 1. The molecule has 9 heteroatoms. The Kier molecular flexibility index (Phi) is 8.11. The first-order chi connectivity index (χ1) is 13.0. The number of thioether (sulfide) groups is 1. The molecule has 0 atom stereocenters. The Morgan fingerprint density at radius 3 is 2.48 bits per heavy atom. The van der Waals surface area contributed by atoms with Gasteiger partial charge in [-0.15, -0.1) is 11.8 Å². The number of carbonyl (C=O) groups is 1. The summed E-state index contributed by atoms with van der Waals surface area (Å²) < 4.78 is 36.8. The summed E-state index contributed by atoms with van der Waals surface area (Å²) in [6.07, 6.45) is 1.93. The molecule has 0 unspecified atom stereocenters. The van der Waals surface area contributed by atoms with Gasteiger partial charge in [-0.25, -0.2) is 13.1 Å². The van der Waals surface area contributed by atoms with Gasteiger partial charge >= 0.3 is 0 Å². The largest absolute Gasteiger partial charge is 0.484 e. The zero-order valence-electron chi connectivity index (χ0n) is 15.1. The maximum Gasteiger partial charge on any atom is 0.262 e. The molecule has 2 aromatic carbocycles. The van der Waals surface area contributed by atoms with Crippen molar-refractivity contribution in [2.24, 2.45) is 0 Å². The van der Waals surface area contributed by atoms with Gasteiger partial charge in [0, 0.05) is 18.6 Å². The summed E-state index contributed by atoms with van der Waals surface area (Å²) in [4.78, 5) is 13.1. The van der Waals surface area contributed by atoms with Crippen LogP contribution < -0.4 is 14.8 Å². The van der Waals surface area contributed by atoms with Crippen LogP contribution in [-0.2, 0) is 19.6 Å². The predicted octanol–water partition coefficient (Wildman–Crippen LogP) is 2.35. The van der Waals surface area contributed by atoms with E-state index < -0.39 is 10.0 Å². The number of nitrogens with one attached hydrogen (secondary N) is 2. The number of carbonyl (C=O) groups excluding carboxylic acids is 1. The van der Waals surface area contributed by atoms with E-state index in [9.17, 15) is 13.2 Å². The third kappa shape index (κ3) is 6.55. The molecule has 0 aromatic heterocycles. The maximum absolute atomic E-state index is 12.1. The number of hydrogen-bond acceptors (Lipinski definition) is 6. The van der Waals surface area contributed by atoms with Gasteiger partial charge in [0.15, 0.2) is 6.61 Å². The molecule has 0 aliphatic heterocycles. The van der Waals surface area contributed by atoms with Gasteiger partial charge in [0.1, 0.15) is 5.75 Å². The average molecular weight is 411 g/mol. The highest BCUT2D eigenvalue weighted by atomic mass is 32.2. The molecule has 7 nitrogen and oxygen atoms in total. The lowest BCUT2D eigenvalue weighted by molar-refractivity contribution is -0.118. The highest BCUT2D eigenvalue weighted by Crippen LogP contribution is 2.24. The minimum atomic E-state index is -3.60. The number of sulfonamides is 1. The van der Waals surface area contributed by atoms with Crippen LogP contribution in [0.2, 0.25) is 0 Å². The van der Waals surface area contributed by atoms with E-state index >= 15 is 0 Å². The second-order valence-corrected chi connectivity index (χ2v) is 8.01. The fourth-order valence-electron chi connectivity index (χ4n) is 2.16. The molecule has 2 aromatic rings. The summed E-state index contributed by atoms with van der Waals surface area (Å²) in [5.74, 6) is 0.105. The van der Waals surface area contributed by atoms with E-state index in [1.807, 2.05) is 30.5 Å². The minimum Gasteiger partial charge on any atom is -0.484 e. The molecule has 0 spiro atoms. The van der Waals surface area contributed by atoms with Crippen LogP contribution in [0.25, 0.3) is 0 Å². The molecule has 1 amide bonds. The van der Waals surface area contributed by atoms with Crippen LogP contribution in [0.5, 0.6) is 5.75 Å². The van der Waals surface area contributed by atoms with Gasteiger partial charge in [-0.3, -0.25) is 4.79 Å². The van der Waals surface area contributed by atoms with Crippen molar-refractivity contribution in [1.29, 1.82) is 0 Å². The van der Waals surface area contributed by atoms with Gasteiger partial charge in [-0.2, -0.15) is 0 Å². The van der Waals surface area contributed by atoms with Crippen LogP contribution in [0, 0.1) is 0 Å². The molecule has 0 saturated carbocycles. The van der Waals surface area contributed by atoms with Gasteiger partial charge in [0.2, 0.25) is 10.0 Å². The van der Waals surface area contributed by atoms with Crippen LogP contribution in [0.4, 0.5) is 5.69 Å². The number of methoxy groups -OCH3 is 1. The Balaban J connectivity index is 1.90. The first-order valence-electron chi connectivity index (χ1n) is 8.10. The fraction of sp³-hybridized carbons (Fsp3) is 0.278. The van der Waals surface area contributed by atoms with Crippen molar-refractivity contribution in [3.8, 4) is 5.75 Å². The van der Waals surface area contributed by atoms with Crippen LogP contribution in [0.15, 0.2) is 58.3 Å². The van der Waals surface area contributed by atoms with Gasteiger partial charge in [0.05, 0.1) is 17.2 Å². The normalized spacial score (nSPS) is 11.2. The number of hydrogen-bond donors (Lipinski definition) is 2. The molecular formula is C18H22N2O5S2. The van der Waals surface area contributed by atoms with E-state index in [-0.39, 0.29) is 30.6 Å². The van der Waals surface area contributed by atoms with Crippen molar-refractivity contribution in [1.82, 2.24) is 4.72 Å². The molecule has 0 bridgehead atoms. The van der Waals surface area contributed by atoms with Crippen LogP contribution in [-0.4, -0.2) is 47.4 Å². The lowest BCUT2D eigenvalue weighted by atomic mass is 10.3. The number of benzene rings is 2. The molecule has 27 heavy (non-hydrogen) atoms. The summed E-state index contributed by atoms with van der Waals surface area (Å²) in [7, 11) is -2.10. The Hall–Kier alpha value is -2.07. The smallest absolute Gasteiger partial charge is 0.262 e. The Bertz CT molecular complexity index is 854. The second kappa shape index (κ2) is 10.3. The molecule has 0 radical (unpaired) electrons. The van der Waals surface area contributed by atoms with Gasteiger partial charge in [-0.05, 0) is 42.7 Å². The Labute approximate surface area is 163 Å². The summed E-state index contributed by atoms with van der Waals surface area (Å²) in [5.41, 5.74) is 0.724. The summed E-state index contributed by atoms with van der Waals surface area (Å²) in [6, 6.07) is 13.3. The number of rotatable bonds is 10. The van der Waals surface area contributed by atoms with Crippen molar-refractivity contribution in [3.63, 3.8) is 0 Å². The van der Waals surface area contributed by atoms with Crippen molar-refractivity contribution >= 4 is 33.4 Å². The third-order valence-electron chi connectivity index (χ3n) is 3.48. The Morgan fingerprint density at radius 2 is 1.81 bits per heavy atom. The molecule has 0 saturated heterocycles. The Morgan fingerprint density at radius 1 is 1.11 bits per heavy atom. The average Bonchev–Trinajstić information content (AvgIpc) is 2.67. The van der Waals surface area contributed by atoms with E-state index in [0.717, 1.165) is 10.6 Å². The van der Waals surface area contributed by atoms with Crippen LogP contribution in [0.3, 0.4) is 0 Å². The van der Waals surface area contributed by atoms with Crippen LogP contribution >= 0.6 is 11.8 Å². The van der Waals surface area contributed by atoms with Crippen molar-refractivity contribution in [2.75, 3.05) is 38.4 Å². The number of ether oxygens (including phenoxy) is 2. The van der Waals surface area contributed by atoms with E-state index in [0.29, 0.717) is 5.75 Å². The topological polar surface area (TPSA) is 93.7 Å². The van der Waals surface area contributed by atoms with Gasteiger partial charge in [-0.1, -0.05) is 12.1 Å². The monoisotopic (exact) mass is 410 g/mol. The SMILES string of the molecule is COCCNS(=O)(=O)c1ccc(OCC(=O)Nc2ccccc2SC)cc1. The van der Waals surface area contributed by atoms with Gasteiger partial charge < -0.3 is 14.8 Å². The number of anilines is 1. The van der Waals surface area contributed by atoms with E-state index in [2.05, 4.69) is 10.0 Å². The molecule has 0 heterocycles. The second-order valence-electron chi connectivity index (χ2n) is 5.40. The quantitative estimate of drug-likeness (QED) is 0.461. The molecule has 2 rings (SSSR count). The summed E-state index contributed by atoms with van der Waals surface area (Å²) in [5, 5.41) is 2.79. The molecule has 0 fully saturated rings. The summed E-state index contributed by atoms with van der Waals surface area (Å²) in [6.45, 7) is 0.297. The van der Waals surface area contributed by atoms with Crippen LogP contribution in [0.1, 0.15) is 0 Å². The standard InChI is InChI=1S/C18H22N2O5S2/c1-24-12-11-19-27(22,23)15-9-7-14(8-10-15)25-13-18(21)20-16-5-3-4-6-17(16)26-2/h3-10,19H,11-13H2,1-2H3,(H,20,21). The zero-order chi connectivity index (χ0) is 19.7. The van der Waals surface area contributed by atoms with Crippen molar-refractivity contribution in [2.45, 2.75) is 9.79 Å². The molecule has 146 valence electrons. The lowest BCUT2D eigenvalue weighted by Gasteiger charge is -2.11. The minimum absolute atomic E-state index is 0.115. The lowest BCUT2D eigenvalue weighted by Crippen LogP contribution is -2.27. The first-order valence-corrected chi connectivity index (χ1v) is 10.8. The molecular weight excluding hydrogens is 388 g/mol. The first kappa shape index (κ1) is 21.2. The zero-order valence-corrected chi connectivity index (χ0v) is 16.7. The number of para-hydroxylation sites is 1. The highest BCUT2D eigenvalue weighted by molar-refractivity contribution is 7.98. The fourth-order valence-corrected chi connectivity index (χ4v) is 3.73. The highest BCUT2D eigenvalue weighted by Gasteiger charge is 2.13. The summed E-state index contributed by atoms with van der Waals surface area (Å²) >= 11 is 1.54. The molecule has 2 N–H and O–H groups in total. The maximum atomic E-state index is 12.1. The van der Waals surface area contributed by atoms with E-state index in [4.69, 9.17) is 9.47 Å².